The summed E-state index contributed by atoms with van der Waals surface area (Å²) in [6.45, 7) is 4.74. The molecule has 1 aliphatic heterocycles. The first-order chi connectivity index (χ1) is 10.0. The van der Waals surface area contributed by atoms with Crippen LogP contribution in [0.4, 0.5) is 4.39 Å². The van der Waals surface area contributed by atoms with Gasteiger partial charge in [-0.05, 0) is 38.8 Å². The van der Waals surface area contributed by atoms with Gasteiger partial charge < -0.3 is 9.64 Å². The number of nitrogens with zero attached hydrogens (tertiary/aromatic N) is 1. The van der Waals surface area contributed by atoms with Crippen LogP contribution in [0.2, 0.25) is 0 Å². The lowest BCUT2D eigenvalue weighted by Crippen LogP contribution is -2.43. The third-order valence-electron chi connectivity index (χ3n) is 3.68. The van der Waals surface area contributed by atoms with Gasteiger partial charge in [0.15, 0.2) is 0 Å². The molecule has 0 spiro atoms. The Balaban J connectivity index is 2.12. The number of esters is 1. The van der Waals surface area contributed by atoms with Crippen molar-refractivity contribution in [3.63, 3.8) is 0 Å². The van der Waals surface area contributed by atoms with Crippen molar-refractivity contribution in [3.05, 3.63) is 35.1 Å². The zero-order valence-corrected chi connectivity index (χ0v) is 12.4. The van der Waals surface area contributed by atoms with E-state index in [2.05, 4.69) is 0 Å². The number of aryl methyl sites for hydroxylation is 1. The summed E-state index contributed by atoms with van der Waals surface area (Å²) < 4.78 is 18.8. The van der Waals surface area contributed by atoms with E-state index in [0.29, 0.717) is 26.1 Å². The Labute approximate surface area is 123 Å². The van der Waals surface area contributed by atoms with Crippen molar-refractivity contribution in [3.8, 4) is 0 Å². The molecule has 114 valence electrons. The van der Waals surface area contributed by atoms with E-state index in [1.165, 1.54) is 6.07 Å². The summed E-state index contributed by atoms with van der Waals surface area (Å²) in [6, 6.07) is 4.48. The predicted octanol–water partition coefficient (Wildman–Crippen LogP) is 2.55. The Morgan fingerprint density at radius 2 is 2.19 bits per heavy atom. The monoisotopic (exact) mass is 293 g/mol. The minimum absolute atomic E-state index is 0.0690. The van der Waals surface area contributed by atoms with Crippen molar-refractivity contribution < 1.29 is 18.7 Å². The first-order valence-electron chi connectivity index (χ1n) is 7.25. The van der Waals surface area contributed by atoms with E-state index >= 15 is 0 Å². The van der Waals surface area contributed by atoms with Crippen molar-refractivity contribution in [2.24, 2.45) is 5.92 Å². The molecule has 5 heteroatoms. The minimum atomic E-state index is -0.524. The first-order valence-corrected chi connectivity index (χ1v) is 7.25. The van der Waals surface area contributed by atoms with Crippen LogP contribution in [0.25, 0.3) is 0 Å². The van der Waals surface area contributed by atoms with Crippen LogP contribution >= 0.6 is 0 Å². The number of halogens is 1. The summed E-state index contributed by atoms with van der Waals surface area (Å²) >= 11 is 0. The summed E-state index contributed by atoms with van der Waals surface area (Å²) in [7, 11) is 0. The van der Waals surface area contributed by atoms with E-state index in [-0.39, 0.29) is 23.4 Å². The molecule has 0 aromatic heterocycles. The number of carbonyl (C=O) groups is 2. The fourth-order valence-corrected chi connectivity index (χ4v) is 2.59. The van der Waals surface area contributed by atoms with Gasteiger partial charge in [0.05, 0.1) is 18.1 Å². The van der Waals surface area contributed by atoms with Gasteiger partial charge >= 0.3 is 5.97 Å². The van der Waals surface area contributed by atoms with E-state index in [1.54, 1.807) is 24.0 Å². The van der Waals surface area contributed by atoms with Gasteiger partial charge in [0, 0.05) is 13.1 Å². The highest BCUT2D eigenvalue weighted by molar-refractivity contribution is 5.95. The lowest BCUT2D eigenvalue weighted by molar-refractivity contribution is -0.149. The van der Waals surface area contributed by atoms with Gasteiger partial charge in [0.1, 0.15) is 5.82 Å². The van der Waals surface area contributed by atoms with E-state index in [9.17, 15) is 14.0 Å². The highest BCUT2D eigenvalue weighted by Crippen LogP contribution is 2.21. The first kappa shape index (κ1) is 15.5. The van der Waals surface area contributed by atoms with Crippen LogP contribution in [-0.4, -0.2) is 36.5 Å². The molecule has 4 nitrogen and oxygen atoms in total. The highest BCUT2D eigenvalue weighted by Gasteiger charge is 2.30. The van der Waals surface area contributed by atoms with Crippen LogP contribution in [0.15, 0.2) is 18.2 Å². The number of benzene rings is 1. The van der Waals surface area contributed by atoms with Gasteiger partial charge in [-0.15, -0.1) is 0 Å². The fourth-order valence-electron chi connectivity index (χ4n) is 2.59. The van der Waals surface area contributed by atoms with Gasteiger partial charge in [-0.2, -0.15) is 0 Å². The van der Waals surface area contributed by atoms with Crippen LogP contribution in [-0.2, 0) is 9.53 Å². The third-order valence-corrected chi connectivity index (χ3v) is 3.68. The molecule has 1 aromatic carbocycles. The number of hydrogen-bond donors (Lipinski definition) is 0. The zero-order valence-electron chi connectivity index (χ0n) is 12.4. The second kappa shape index (κ2) is 6.70. The average Bonchev–Trinajstić information content (AvgIpc) is 2.49. The summed E-state index contributed by atoms with van der Waals surface area (Å²) in [4.78, 5) is 25.8. The lowest BCUT2D eigenvalue weighted by atomic mass is 9.97. The maximum atomic E-state index is 13.8. The van der Waals surface area contributed by atoms with Crippen LogP contribution < -0.4 is 0 Å². The van der Waals surface area contributed by atoms with Crippen molar-refractivity contribution in [1.82, 2.24) is 4.90 Å². The van der Waals surface area contributed by atoms with Gasteiger partial charge in [-0.1, -0.05) is 11.6 Å². The Bertz CT molecular complexity index is 544. The molecule has 0 saturated carbocycles. The van der Waals surface area contributed by atoms with Crippen molar-refractivity contribution in [1.29, 1.82) is 0 Å². The normalized spacial score (nSPS) is 18.4. The molecule has 1 aromatic rings. The maximum Gasteiger partial charge on any atom is 0.310 e. The maximum absolute atomic E-state index is 13.8. The largest absolute Gasteiger partial charge is 0.466 e. The fraction of sp³-hybridized carbons (Fsp3) is 0.500. The molecule has 1 aliphatic rings. The Morgan fingerprint density at radius 1 is 1.43 bits per heavy atom. The van der Waals surface area contributed by atoms with E-state index in [1.807, 2.05) is 6.92 Å². The van der Waals surface area contributed by atoms with Gasteiger partial charge in [-0.25, -0.2) is 4.39 Å². The molecule has 2 rings (SSSR count). The van der Waals surface area contributed by atoms with Gasteiger partial charge in [-0.3, -0.25) is 9.59 Å². The van der Waals surface area contributed by atoms with Gasteiger partial charge in [0.25, 0.3) is 5.91 Å². The number of piperidine rings is 1. The summed E-state index contributed by atoms with van der Waals surface area (Å²) in [6.07, 6.45) is 1.43. The van der Waals surface area contributed by atoms with Crippen molar-refractivity contribution in [2.45, 2.75) is 26.7 Å². The molecule has 0 N–H and O–H groups in total. The van der Waals surface area contributed by atoms with Crippen molar-refractivity contribution in [2.75, 3.05) is 19.7 Å². The second-order valence-electron chi connectivity index (χ2n) is 5.33. The second-order valence-corrected chi connectivity index (χ2v) is 5.33. The number of rotatable bonds is 3. The number of amides is 1. The smallest absolute Gasteiger partial charge is 0.310 e. The highest BCUT2D eigenvalue weighted by atomic mass is 19.1. The SMILES string of the molecule is CCOC(=O)[C@@H]1CCCN(C(=O)c2cc(C)ccc2F)C1. The topological polar surface area (TPSA) is 46.6 Å². The molecule has 0 unspecified atom stereocenters. The molecule has 0 bridgehead atoms. The molecule has 1 heterocycles. The lowest BCUT2D eigenvalue weighted by Gasteiger charge is -2.31. The van der Waals surface area contributed by atoms with Crippen LogP contribution in [0.5, 0.6) is 0 Å². The Kier molecular flexibility index (Phi) is 4.94. The third kappa shape index (κ3) is 3.60. The number of hydrogen-bond acceptors (Lipinski definition) is 3. The standard InChI is InChI=1S/C16H20FNO3/c1-3-21-16(20)12-5-4-8-18(10-12)15(19)13-9-11(2)6-7-14(13)17/h6-7,9,12H,3-5,8,10H2,1-2H3/t12-/m1/s1. The molecule has 21 heavy (non-hydrogen) atoms. The Hall–Kier alpha value is -1.91. The van der Waals surface area contributed by atoms with E-state index < -0.39 is 5.82 Å². The van der Waals surface area contributed by atoms with E-state index in [4.69, 9.17) is 4.74 Å². The number of ether oxygens (including phenoxy) is 1. The zero-order chi connectivity index (χ0) is 15.4. The van der Waals surface area contributed by atoms with Crippen LogP contribution in [0.3, 0.4) is 0 Å². The molecule has 1 atom stereocenters. The molecule has 1 saturated heterocycles. The molecule has 0 radical (unpaired) electrons. The van der Waals surface area contributed by atoms with Crippen LogP contribution in [0, 0.1) is 18.7 Å². The van der Waals surface area contributed by atoms with Gasteiger partial charge in [0.2, 0.25) is 0 Å². The molecule has 0 aliphatic carbocycles. The predicted molar refractivity (Wildman–Crippen MR) is 76.4 cm³/mol. The van der Waals surface area contributed by atoms with Crippen molar-refractivity contribution >= 4 is 11.9 Å². The minimum Gasteiger partial charge on any atom is -0.466 e. The average molecular weight is 293 g/mol. The molecular weight excluding hydrogens is 273 g/mol. The molecular formula is C16H20FNO3. The Morgan fingerprint density at radius 3 is 2.90 bits per heavy atom. The summed E-state index contributed by atoms with van der Waals surface area (Å²) in [5, 5.41) is 0. The van der Waals surface area contributed by atoms with Crippen LogP contribution in [0.1, 0.15) is 35.7 Å². The quantitative estimate of drug-likeness (QED) is 0.805. The summed E-state index contributed by atoms with van der Waals surface area (Å²) in [5.74, 6) is -1.47. The molecule has 1 amide bonds. The van der Waals surface area contributed by atoms with E-state index in [0.717, 1.165) is 12.0 Å². The number of carbonyl (C=O) groups excluding carboxylic acids is 2. The number of likely N-dealkylation sites (tertiary alicyclic amines) is 1. The molecule has 1 fully saturated rings. The summed E-state index contributed by atoms with van der Waals surface area (Å²) in [5.41, 5.74) is 0.901.